The van der Waals surface area contributed by atoms with Crippen LogP contribution in [0.5, 0.6) is 0 Å². The standard InChI is InChI=1S/C21H31Br2N3/c1-4-7-9-10-12-17-18(13-15(6-3)11-8-5-2)26-19-16(22)14-24-21(23)20(19)25-17/h14-15H,4-13H2,1-3H3. The number of fused-ring (bicyclic) bond motifs is 1. The van der Waals surface area contributed by atoms with Crippen LogP contribution < -0.4 is 0 Å². The zero-order chi connectivity index (χ0) is 18.9. The number of hydrogen-bond acceptors (Lipinski definition) is 3. The van der Waals surface area contributed by atoms with Crippen molar-refractivity contribution in [3.8, 4) is 0 Å². The van der Waals surface area contributed by atoms with Gasteiger partial charge in [-0.15, -0.1) is 0 Å². The van der Waals surface area contributed by atoms with Gasteiger partial charge in [0, 0.05) is 6.20 Å². The van der Waals surface area contributed by atoms with Gasteiger partial charge >= 0.3 is 0 Å². The van der Waals surface area contributed by atoms with Gasteiger partial charge in [0.1, 0.15) is 15.6 Å². The molecule has 2 aromatic rings. The summed E-state index contributed by atoms with van der Waals surface area (Å²) in [6, 6.07) is 0. The smallest absolute Gasteiger partial charge is 0.133 e. The van der Waals surface area contributed by atoms with Crippen LogP contribution in [0.1, 0.15) is 83.5 Å². The van der Waals surface area contributed by atoms with Crippen LogP contribution in [0.2, 0.25) is 0 Å². The number of aryl methyl sites for hydroxylation is 1. The second kappa shape index (κ2) is 11.3. The number of halogens is 2. The molecule has 0 amide bonds. The average Bonchev–Trinajstić information content (AvgIpc) is 2.65. The predicted molar refractivity (Wildman–Crippen MR) is 118 cm³/mol. The maximum atomic E-state index is 5.05. The zero-order valence-electron chi connectivity index (χ0n) is 16.3. The van der Waals surface area contributed by atoms with Crippen molar-refractivity contribution in [3.63, 3.8) is 0 Å². The number of unbranched alkanes of at least 4 members (excludes halogenated alkanes) is 4. The molecule has 26 heavy (non-hydrogen) atoms. The Morgan fingerprint density at radius 1 is 0.885 bits per heavy atom. The summed E-state index contributed by atoms with van der Waals surface area (Å²) in [6.45, 7) is 6.82. The van der Waals surface area contributed by atoms with Gasteiger partial charge in [0.05, 0.1) is 15.9 Å². The van der Waals surface area contributed by atoms with Crippen LogP contribution in [-0.2, 0) is 12.8 Å². The highest BCUT2D eigenvalue weighted by molar-refractivity contribution is 9.11. The molecule has 1 unspecified atom stereocenters. The molecule has 0 saturated carbocycles. The lowest BCUT2D eigenvalue weighted by Crippen LogP contribution is -2.10. The van der Waals surface area contributed by atoms with Crippen LogP contribution in [0.25, 0.3) is 11.0 Å². The molecule has 0 aromatic carbocycles. The van der Waals surface area contributed by atoms with Crippen molar-refractivity contribution in [3.05, 3.63) is 26.7 Å². The Bertz CT molecular complexity index is 703. The topological polar surface area (TPSA) is 38.7 Å². The Balaban J connectivity index is 2.34. The molecule has 144 valence electrons. The first-order valence-corrected chi connectivity index (χ1v) is 11.7. The van der Waals surface area contributed by atoms with Crippen molar-refractivity contribution < 1.29 is 0 Å². The van der Waals surface area contributed by atoms with Crippen molar-refractivity contribution in [2.24, 2.45) is 5.92 Å². The Kier molecular flexibility index (Phi) is 9.48. The SMILES string of the molecule is CCCCCCc1nc2c(Br)ncc(Br)c2nc1CC(CC)CCCC. The molecule has 0 radical (unpaired) electrons. The monoisotopic (exact) mass is 483 g/mol. The van der Waals surface area contributed by atoms with E-state index in [9.17, 15) is 0 Å². The summed E-state index contributed by atoms with van der Waals surface area (Å²) in [7, 11) is 0. The average molecular weight is 485 g/mol. The van der Waals surface area contributed by atoms with Crippen LogP contribution in [0, 0.1) is 5.92 Å². The molecule has 0 saturated heterocycles. The maximum absolute atomic E-state index is 5.05. The van der Waals surface area contributed by atoms with E-state index in [1.54, 1.807) is 6.20 Å². The van der Waals surface area contributed by atoms with Crippen LogP contribution in [-0.4, -0.2) is 15.0 Å². The first-order chi connectivity index (χ1) is 12.6. The molecule has 0 aliphatic carbocycles. The molecule has 0 bridgehead atoms. The molecule has 1 atom stereocenters. The molecule has 2 heterocycles. The van der Waals surface area contributed by atoms with Gasteiger partial charge in [0.25, 0.3) is 0 Å². The zero-order valence-corrected chi connectivity index (χ0v) is 19.5. The highest BCUT2D eigenvalue weighted by atomic mass is 79.9. The fourth-order valence-corrected chi connectivity index (χ4v) is 4.11. The van der Waals surface area contributed by atoms with Gasteiger partial charge < -0.3 is 0 Å². The van der Waals surface area contributed by atoms with Crippen LogP contribution in [0.4, 0.5) is 0 Å². The van der Waals surface area contributed by atoms with Gasteiger partial charge in [-0.1, -0.05) is 65.7 Å². The molecule has 0 N–H and O–H groups in total. The van der Waals surface area contributed by atoms with Gasteiger partial charge in [-0.25, -0.2) is 15.0 Å². The Morgan fingerprint density at radius 2 is 1.62 bits per heavy atom. The normalized spacial score (nSPS) is 12.7. The third kappa shape index (κ3) is 5.98. The van der Waals surface area contributed by atoms with E-state index in [0.29, 0.717) is 5.92 Å². The lowest BCUT2D eigenvalue weighted by Gasteiger charge is -2.17. The Labute approximate surface area is 175 Å². The van der Waals surface area contributed by atoms with Crippen molar-refractivity contribution in [2.45, 2.75) is 85.0 Å². The number of rotatable bonds is 11. The lowest BCUT2D eigenvalue weighted by molar-refractivity contribution is 0.443. The summed E-state index contributed by atoms with van der Waals surface area (Å²) >= 11 is 7.15. The summed E-state index contributed by atoms with van der Waals surface area (Å²) in [5.41, 5.74) is 4.15. The highest BCUT2D eigenvalue weighted by Gasteiger charge is 2.17. The third-order valence-electron chi connectivity index (χ3n) is 5.06. The summed E-state index contributed by atoms with van der Waals surface area (Å²) in [5, 5.41) is 0. The quantitative estimate of drug-likeness (QED) is 0.245. The van der Waals surface area contributed by atoms with E-state index in [2.05, 4.69) is 57.6 Å². The summed E-state index contributed by atoms with van der Waals surface area (Å²) in [4.78, 5) is 14.4. The maximum Gasteiger partial charge on any atom is 0.133 e. The summed E-state index contributed by atoms with van der Waals surface area (Å²) in [5.74, 6) is 0.695. The van der Waals surface area contributed by atoms with E-state index in [-0.39, 0.29) is 0 Å². The first-order valence-electron chi connectivity index (χ1n) is 10.1. The number of aromatic nitrogens is 3. The molecule has 2 aromatic heterocycles. The molecule has 0 aliphatic heterocycles. The van der Waals surface area contributed by atoms with Crippen molar-refractivity contribution in [1.82, 2.24) is 15.0 Å². The van der Waals surface area contributed by atoms with E-state index >= 15 is 0 Å². The Morgan fingerprint density at radius 3 is 2.31 bits per heavy atom. The number of nitrogens with zero attached hydrogens (tertiary/aromatic N) is 3. The fourth-order valence-electron chi connectivity index (χ4n) is 3.35. The van der Waals surface area contributed by atoms with Gasteiger partial charge in [0.2, 0.25) is 0 Å². The highest BCUT2D eigenvalue weighted by Crippen LogP contribution is 2.28. The van der Waals surface area contributed by atoms with Crippen LogP contribution in [0.3, 0.4) is 0 Å². The van der Waals surface area contributed by atoms with Crippen LogP contribution >= 0.6 is 31.9 Å². The van der Waals surface area contributed by atoms with Gasteiger partial charge in [-0.05, 0) is 57.0 Å². The molecular formula is C21H31Br2N3. The second-order valence-corrected chi connectivity index (χ2v) is 8.75. The Hall–Kier alpha value is -0.550. The first kappa shape index (κ1) is 21.7. The minimum Gasteiger partial charge on any atom is -0.248 e. The van der Waals surface area contributed by atoms with E-state index in [1.165, 1.54) is 62.8 Å². The number of hydrogen-bond donors (Lipinski definition) is 0. The molecule has 3 nitrogen and oxygen atoms in total. The lowest BCUT2D eigenvalue weighted by atomic mass is 9.92. The molecule has 0 fully saturated rings. The van der Waals surface area contributed by atoms with E-state index in [4.69, 9.17) is 9.97 Å². The molecule has 0 aliphatic rings. The molecule has 2 rings (SSSR count). The minimum atomic E-state index is 0.695. The molecular weight excluding hydrogens is 454 g/mol. The predicted octanol–water partition coefficient (Wildman–Crippen LogP) is 7.43. The largest absolute Gasteiger partial charge is 0.248 e. The minimum absolute atomic E-state index is 0.695. The summed E-state index contributed by atoms with van der Waals surface area (Å²) in [6.07, 6.45) is 13.9. The van der Waals surface area contributed by atoms with Crippen molar-refractivity contribution in [2.75, 3.05) is 0 Å². The van der Waals surface area contributed by atoms with Gasteiger partial charge in [-0.3, -0.25) is 0 Å². The summed E-state index contributed by atoms with van der Waals surface area (Å²) < 4.78 is 1.70. The fraction of sp³-hybridized carbons (Fsp3) is 0.667. The van der Waals surface area contributed by atoms with Gasteiger partial charge in [-0.2, -0.15) is 0 Å². The van der Waals surface area contributed by atoms with Crippen molar-refractivity contribution in [1.29, 1.82) is 0 Å². The molecule has 0 spiro atoms. The van der Waals surface area contributed by atoms with Crippen LogP contribution in [0.15, 0.2) is 15.3 Å². The third-order valence-corrected chi connectivity index (χ3v) is 6.22. The number of pyridine rings is 1. The van der Waals surface area contributed by atoms with E-state index in [0.717, 1.165) is 33.0 Å². The molecule has 5 heteroatoms. The van der Waals surface area contributed by atoms with E-state index in [1.807, 2.05) is 0 Å². The van der Waals surface area contributed by atoms with Gasteiger partial charge in [0.15, 0.2) is 0 Å². The second-order valence-electron chi connectivity index (χ2n) is 7.14. The van der Waals surface area contributed by atoms with Crippen molar-refractivity contribution >= 4 is 42.9 Å². The van der Waals surface area contributed by atoms with E-state index < -0.39 is 0 Å².